The highest BCUT2D eigenvalue weighted by Crippen LogP contribution is 2.35. The zero-order valence-corrected chi connectivity index (χ0v) is 21.5. The number of allylic oxidation sites excluding steroid dienone is 1. The predicted octanol–water partition coefficient (Wildman–Crippen LogP) is 4.18. The largest absolute Gasteiger partial charge is 0.475 e. The molecule has 2 aliphatic rings. The van der Waals surface area contributed by atoms with E-state index in [0.717, 1.165) is 29.0 Å². The SMILES string of the molecule is COC(C)COc1ccc(C2=C(C)N=C[C@@](NC(=O)c3cccc(C(F)(F)F)c3)(N3CCOCC3)C2)cn1. The molecule has 4 rings (SSSR count). The Morgan fingerprint density at radius 1 is 1.24 bits per heavy atom. The van der Waals surface area contributed by atoms with Gasteiger partial charge in [-0.3, -0.25) is 14.7 Å². The second-order valence-electron chi connectivity index (χ2n) is 9.30. The number of nitrogens with zero attached hydrogens (tertiary/aromatic N) is 3. The topological polar surface area (TPSA) is 85.3 Å². The Bertz CT molecular complexity index is 1190. The Hall–Kier alpha value is -3.28. The second-order valence-corrected chi connectivity index (χ2v) is 9.30. The standard InChI is InChI=1S/C27H31F3N4O4/c1-18(36-3)16-38-24-8-7-21(15-31-24)23-14-26(17-32-19(23)2,34-9-11-37-12-10-34)33-25(35)20-5-4-6-22(13-20)27(28,29)30/h4-8,13,15,17-18H,9-12,14,16H2,1-3H3,(H,33,35)/t18?,26-/m0/s1. The highest BCUT2D eigenvalue weighted by molar-refractivity contribution is 5.98. The van der Waals surface area contributed by atoms with Crippen LogP contribution in [0.2, 0.25) is 0 Å². The van der Waals surface area contributed by atoms with Crippen LogP contribution >= 0.6 is 0 Å². The zero-order chi connectivity index (χ0) is 27.3. The lowest BCUT2D eigenvalue weighted by molar-refractivity contribution is -0.137. The second kappa shape index (κ2) is 11.6. The van der Waals surface area contributed by atoms with E-state index in [0.29, 0.717) is 45.2 Å². The number of nitrogens with one attached hydrogen (secondary N) is 1. The Labute approximate surface area is 219 Å². The van der Waals surface area contributed by atoms with Crippen molar-refractivity contribution in [2.24, 2.45) is 4.99 Å². The molecule has 0 spiro atoms. The highest BCUT2D eigenvalue weighted by Gasteiger charge is 2.41. The van der Waals surface area contributed by atoms with Crippen LogP contribution in [0.5, 0.6) is 5.88 Å². The van der Waals surface area contributed by atoms with Crippen molar-refractivity contribution in [2.45, 2.75) is 38.2 Å². The van der Waals surface area contributed by atoms with Crippen LogP contribution in [0.4, 0.5) is 13.2 Å². The minimum atomic E-state index is -4.55. The molecule has 2 aliphatic heterocycles. The number of alkyl halides is 3. The maximum Gasteiger partial charge on any atom is 0.416 e. The molecule has 1 N–H and O–H groups in total. The number of halogens is 3. The van der Waals surface area contributed by atoms with Crippen molar-refractivity contribution in [3.8, 4) is 5.88 Å². The summed E-state index contributed by atoms with van der Waals surface area (Å²) in [6, 6.07) is 8.03. The molecule has 1 unspecified atom stereocenters. The van der Waals surface area contributed by atoms with E-state index in [2.05, 4.69) is 15.3 Å². The van der Waals surface area contributed by atoms with Crippen molar-refractivity contribution in [3.63, 3.8) is 0 Å². The van der Waals surface area contributed by atoms with E-state index in [1.807, 2.05) is 24.8 Å². The van der Waals surface area contributed by atoms with E-state index in [4.69, 9.17) is 14.2 Å². The predicted molar refractivity (Wildman–Crippen MR) is 136 cm³/mol. The summed E-state index contributed by atoms with van der Waals surface area (Å²) in [6.07, 6.45) is -0.939. The fourth-order valence-corrected chi connectivity index (χ4v) is 4.37. The molecule has 2 aromatic rings. The third-order valence-corrected chi connectivity index (χ3v) is 6.67. The zero-order valence-electron chi connectivity index (χ0n) is 21.5. The van der Waals surface area contributed by atoms with Gasteiger partial charge in [-0.05, 0) is 49.2 Å². The van der Waals surface area contributed by atoms with Crippen molar-refractivity contribution < 1.29 is 32.2 Å². The fourth-order valence-electron chi connectivity index (χ4n) is 4.37. The fraction of sp³-hybridized carbons (Fsp3) is 0.444. The first-order valence-corrected chi connectivity index (χ1v) is 12.3. The summed E-state index contributed by atoms with van der Waals surface area (Å²) < 4.78 is 56.2. The monoisotopic (exact) mass is 532 g/mol. The summed E-state index contributed by atoms with van der Waals surface area (Å²) in [5.41, 5.74) is 0.387. The lowest BCUT2D eigenvalue weighted by Crippen LogP contribution is -2.65. The van der Waals surface area contributed by atoms with Gasteiger partial charge >= 0.3 is 6.18 Å². The van der Waals surface area contributed by atoms with Gasteiger partial charge in [-0.25, -0.2) is 4.98 Å². The number of benzene rings is 1. The number of aromatic nitrogens is 1. The van der Waals surface area contributed by atoms with Crippen LogP contribution in [0.1, 0.15) is 41.8 Å². The van der Waals surface area contributed by atoms with Crippen molar-refractivity contribution in [3.05, 3.63) is 65.0 Å². The summed E-state index contributed by atoms with van der Waals surface area (Å²) >= 11 is 0. The molecule has 204 valence electrons. The van der Waals surface area contributed by atoms with Crippen LogP contribution in [0, 0.1) is 0 Å². The minimum absolute atomic E-state index is 0.0799. The molecule has 0 radical (unpaired) electrons. The number of hydrogen-bond donors (Lipinski definition) is 1. The Morgan fingerprint density at radius 2 is 2.00 bits per heavy atom. The first-order valence-electron chi connectivity index (χ1n) is 12.3. The number of carbonyl (C=O) groups is 1. The van der Waals surface area contributed by atoms with Gasteiger partial charge in [-0.15, -0.1) is 0 Å². The summed E-state index contributed by atoms with van der Waals surface area (Å²) in [4.78, 5) is 24.4. The summed E-state index contributed by atoms with van der Waals surface area (Å²) in [6.45, 7) is 6.07. The molecule has 38 heavy (non-hydrogen) atoms. The Balaban J connectivity index is 1.60. The van der Waals surface area contributed by atoms with E-state index in [1.54, 1.807) is 25.6 Å². The van der Waals surface area contributed by atoms with Crippen LogP contribution in [-0.4, -0.2) is 73.8 Å². The van der Waals surface area contributed by atoms with E-state index >= 15 is 0 Å². The lowest BCUT2D eigenvalue weighted by Gasteiger charge is -2.45. The van der Waals surface area contributed by atoms with Crippen LogP contribution in [-0.2, 0) is 15.7 Å². The van der Waals surface area contributed by atoms with Crippen LogP contribution in [0.15, 0.2) is 53.3 Å². The number of aliphatic imine (C=N–C) groups is 1. The van der Waals surface area contributed by atoms with Gasteiger partial charge in [0, 0.05) is 56.4 Å². The van der Waals surface area contributed by atoms with Gasteiger partial charge in [0.2, 0.25) is 5.88 Å². The third kappa shape index (κ3) is 6.40. The van der Waals surface area contributed by atoms with Gasteiger partial charge in [-0.2, -0.15) is 13.2 Å². The molecular formula is C27H31F3N4O4. The molecule has 3 heterocycles. The number of amides is 1. The van der Waals surface area contributed by atoms with Crippen molar-refractivity contribution in [1.82, 2.24) is 15.2 Å². The van der Waals surface area contributed by atoms with E-state index < -0.39 is 23.3 Å². The number of pyridine rings is 1. The molecule has 2 atom stereocenters. The molecule has 0 saturated carbocycles. The van der Waals surface area contributed by atoms with Crippen molar-refractivity contribution in [2.75, 3.05) is 40.0 Å². The minimum Gasteiger partial charge on any atom is -0.475 e. The summed E-state index contributed by atoms with van der Waals surface area (Å²) in [7, 11) is 1.61. The number of morpholine rings is 1. The molecular weight excluding hydrogens is 501 g/mol. The quantitative estimate of drug-likeness (QED) is 0.549. The summed E-state index contributed by atoms with van der Waals surface area (Å²) in [5, 5.41) is 2.99. The number of methoxy groups -OCH3 is 1. The van der Waals surface area contributed by atoms with Crippen molar-refractivity contribution in [1.29, 1.82) is 0 Å². The summed E-state index contributed by atoms with van der Waals surface area (Å²) in [5.74, 6) is -0.172. The molecule has 11 heteroatoms. The molecule has 1 aromatic carbocycles. The average molecular weight is 533 g/mol. The van der Waals surface area contributed by atoms with E-state index in [9.17, 15) is 18.0 Å². The van der Waals surface area contributed by atoms with Crippen molar-refractivity contribution >= 4 is 17.7 Å². The number of ether oxygens (including phenoxy) is 3. The first kappa shape index (κ1) is 27.7. The van der Waals surface area contributed by atoms with E-state index in [1.165, 1.54) is 12.1 Å². The number of carbonyl (C=O) groups excluding carboxylic acids is 1. The van der Waals surface area contributed by atoms with Gasteiger partial charge in [0.05, 0.1) is 24.9 Å². The van der Waals surface area contributed by atoms with Crippen LogP contribution < -0.4 is 10.1 Å². The maximum atomic E-state index is 13.3. The molecule has 1 aromatic heterocycles. The van der Waals surface area contributed by atoms with Gasteiger partial charge in [0.25, 0.3) is 5.91 Å². The molecule has 1 fully saturated rings. The smallest absolute Gasteiger partial charge is 0.416 e. The maximum absolute atomic E-state index is 13.3. The highest BCUT2D eigenvalue weighted by atomic mass is 19.4. The molecule has 0 bridgehead atoms. The number of hydrogen-bond acceptors (Lipinski definition) is 7. The molecule has 1 amide bonds. The van der Waals surface area contributed by atoms with Gasteiger partial charge in [0.1, 0.15) is 12.3 Å². The number of rotatable bonds is 8. The molecule has 1 saturated heterocycles. The third-order valence-electron chi connectivity index (χ3n) is 6.67. The first-order chi connectivity index (χ1) is 18.1. The average Bonchev–Trinajstić information content (AvgIpc) is 2.93. The van der Waals surface area contributed by atoms with Gasteiger partial charge < -0.3 is 19.5 Å². The van der Waals surface area contributed by atoms with Gasteiger partial charge in [-0.1, -0.05) is 6.07 Å². The lowest BCUT2D eigenvalue weighted by atomic mass is 9.90. The van der Waals surface area contributed by atoms with Gasteiger partial charge in [0.15, 0.2) is 0 Å². The van der Waals surface area contributed by atoms with E-state index in [-0.39, 0.29) is 11.7 Å². The van der Waals surface area contributed by atoms with Crippen LogP contribution in [0.25, 0.3) is 5.57 Å². The Kier molecular flexibility index (Phi) is 8.49. The molecule has 0 aliphatic carbocycles. The van der Waals surface area contributed by atoms with Crippen LogP contribution in [0.3, 0.4) is 0 Å². The molecule has 8 nitrogen and oxygen atoms in total. The normalized spacial score (nSPS) is 21.3. The Morgan fingerprint density at radius 3 is 2.66 bits per heavy atom.